The lowest BCUT2D eigenvalue weighted by Crippen LogP contribution is -1.98. The third-order valence-corrected chi connectivity index (χ3v) is 2.45. The minimum absolute atomic E-state index is 0.700. The van der Waals surface area contributed by atoms with Gasteiger partial charge in [0.25, 0.3) is 0 Å². The first kappa shape index (κ1) is 10.2. The summed E-state index contributed by atoms with van der Waals surface area (Å²) in [5, 5.41) is 0. The highest BCUT2D eigenvalue weighted by molar-refractivity contribution is 5.22. The summed E-state index contributed by atoms with van der Waals surface area (Å²) in [5.41, 5.74) is 2.54. The van der Waals surface area contributed by atoms with Crippen LogP contribution in [0, 0.1) is 0 Å². The number of hydrogen-bond acceptors (Lipinski definition) is 1. The molecule has 0 aliphatic heterocycles. The van der Waals surface area contributed by atoms with Gasteiger partial charge < -0.3 is 4.74 Å². The van der Waals surface area contributed by atoms with Gasteiger partial charge in [-0.2, -0.15) is 0 Å². The largest absolute Gasteiger partial charge is 0.372 e. The Bertz CT molecular complexity index is 349. The van der Waals surface area contributed by atoms with Gasteiger partial charge in [-0.25, -0.2) is 0 Å². The van der Waals surface area contributed by atoms with Gasteiger partial charge in [0.15, 0.2) is 0 Å². The molecule has 0 N–H and O–H groups in total. The van der Waals surface area contributed by atoms with Gasteiger partial charge in [0.05, 0.1) is 13.2 Å². The molecule has 1 aromatic carbocycles. The van der Waals surface area contributed by atoms with E-state index in [1.807, 2.05) is 18.2 Å². The third kappa shape index (κ3) is 3.37. The highest BCUT2D eigenvalue weighted by Crippen LogP contribution is 2.10. The molecule has 1 aromatic rings. The van der Waals surface area contributed by atoms with Gasteiger partial charge in [-0.15, -0.1) is 0 Å². The molecule has 0 amide bonds. The van der Waals surface area contributed by atoms with E-state index >= 15 is 0 Å². The molecule has 0 atom stereocenters. The fourth-order valence-corrected chi connectivity index (χ4v) is 1.64. The smallest absolute Gasteiger partial charge is 0.0721 e. The maximum atomic E-state index is 5.64. The van der Waals surface area contributed by atoms with Crippen molar-refractivity contribution in [1.82, 2.24) is 0 Å². The number of rotatable bonds is 4. The molecule has 0 spiro atoms. The molecular weight excluding hydrogens is 184 g/mol. The van der Waals surface area contributed by atoms with Crippen molar-refractivity contribution in [3.8, 4) is 0 Å². The number of hydrogen-bond donors (Lipinski definition) is 0. The average Bonchev–Trinajstić information content (AvgIpc) is 2.32. The fourth-order valence-electron chi connectivity index (χ4n) is 1.64. The molecule has 2 rings (SSSR count). The summed E-state index contributed by atoms with van der Waals surface area (Å²) in [6.45, 7) is 1.43. The van der Waals surface area contributed by atoms with Crippen LogP contribution in [0.2, 0.25) is 0 Å². The van der Waals surface area contributed by atoms with E-state index in [1.54, 1.807) is 0 Å². The van der Waals surface area contributed by atoms with E-state index in [0.29, 0.717) is 6.61 Å². The van der Waals surface area contributed by atoms with E-state index in [2.05, 4.69) is 30.4 Å². The molecule has 1 aliphatic carbocycles. The fraction of sp³-hybridized carbons (Fsp3) is 0.286. The van der Waals surface area contributed by atoms with Crippen LogP contribution in [0.1, 0.15) is 18.4 Å². The van der Waals surface area contributed by atoms with Crippen LogP contribution >= 0.6 is 0 Å². The third-order valence-electron chi connectivity index (χ3n) is 2.45. The Morgan fingerprint density at radius 2 is 1.87 bits per heavy atom. The van der Waals surface area contributed by atoms with Crippen LogP contribution in [0.5, 0.6) is 0 Å². The Morgan fingerprint density at radius 1 is 1.00 bits per heavy atom. The van der Waals surface area contributed by atoms with Gasteiger partial charge >= 0.3 is 0 Å². The van der Waals surface area contributed by atoms with Crippen molar-refractivity contribution in [3.05, 3.63) is 59.7 Å². The number of ether oxygens (including phenoxy) is 1. The Hall–Kier alpha value is -1.34. The van der Waals surface area contributed by atoms with Crippen LogP contribution in [-0.4, -0.2) is 6.61 Å². The predicted octanol–water partition coefficient (Wildman–Crippen LogP) is 3.48. The molecule has 0 saturated heterocycles. The second kappa shape index (κ2) is 5.52. The summed E-state index contributed by atoms with van der Waals surface area (Å²) in [6.07, 6.45) is 8.95. The minimum atomic E-state index is 0.700. The van der Waals surface area contributed by atoms with Gasteiger partial charge in [0.2, 0.25) is 0 Å². The zero-order valence-corrected chi connectivity index (χ0v) is 8.86. The molecule has 1 aliphatic rings. The van der Waals surface area contributed by atoms with Crippen molar-refractivity contribution >= 4 is 0 Å². The topological polar surface area (TPSA) is 9.23 Å². The van der Waals surface area contributed by atoms with Crippen LogP contribution in [0.4, 0.5) is 0 Å². The monoisotopic (exact) mass is 200 g/mol. The molecular formula is C14H16O. The molecule has 0 radical (unpaired) electrons. The number of benzene rings is 1. The van der Waals surface area contributed by atoms with E-state index in [1.165, 1.54) is 17.6 Å². The Kier molecular flexibility index (Phi) is 3.75. The van der Waals surface area contributed by atoms with Crippen molar-refractivity contribution in [2.24, 2.45) is 0 Å². The van der Waals surface area contributed by atoms with Crippen molar-refractivity contribution in [2.75, 3.05) is 6.61 Å². The molecule has 0 fully saturated rings. The average molecular weight is 200 g/mol. The van der Waals surface area contributed by atoms with E-state index in [0.717, 1.165) is 13.0 Å². The van der Waals surface area contributed by atoms with E-state index < -0.39 is 0 Å². The Balaban J connectivity index is 1.75. The van der Waals surface area contributed by atoms with Crippen molar-refractivity contribution in [3.63, 3.8) is 0 Å². The minimum Gasteiger partial charge on any atom is -0.372 e. The Labute approximate surface area is 91.1 Å². The second-order valence-electron chi connectivity index (χ2n) is 3.74. The number of allylic oxidation sites excluding steroid dienone is 2. The summed E-state index contributed by atoms with van der Waals surface area (Å²) in [5.74, 6) is 0. The maximum absolute atomic E-state index is 5.64. The molecule has 1 nitrogen and oxygen atoms in total. The zero-order chi connectivity index (χ0) is 10.3. The summed E-state index contributed by atoms with van der Waals surface area (Å²) < 4.78 is 5.64. The standard InChI is InChI=1S/C14H16O/c1-3-7-13(8-4-1)11-15-12-14-9-5-2-6-10-14/h1,3-5,7-10H,2,6,11-12H2. The molecule has 0 aromatic heterocycles. The van der Waals surface area contributed by atoms with Gasteiger partial charge in [0.1, 0.15) is 0 Å². The molecule has 0 bridgehead atoms. The molecule has 0 unspecified atom stereocenters. The predicted molar refractivity (Wildman–Crippen MR) is 62.6 cm³/mol. The molecule has 15 heavy (non-hydrogen) atoms. The summed E-state index contributed by atoms with van der Waals surface area (Å²) >= 11 is 0. The van der Waals surface area contributed by atoms with E-state index in [9.17, 15) is 0 Å². The lowest BCUT2D eigenvalue weighted by molar-refractivity contribution is 0.144. The molecule has 0 saturated carbocycles. The van der Waals surface area contributed by atoms with E-state index in [-0.39, 0.29) is 0 Å². The van der Waals surface area contributed by atoms with Crippen LogP contribution < -0.4 is 0 Å². The first-order valence-corrected chi connectivity index (χ1v) is 5.42. The van der Waals surface area contributed by atoms with Gasteiger partial charge in [-0.05, 0) is 24.0 Å². The van der Waals surface area contributed by atoms with Gasteiger partial charge in [-0.1, -0.05) is 48.6 Å². The van der Waals surface area contributed by atoms with Gasteiger partial charge in [-0.3, -0.25) is 0 Å². The lowest BCUT2D eigenvalue weighted by Gasteiger charge is -2.08. The molecule has 0 heterocycles. The van der Waals surface area contributed by atoms with Crippen molar-refractivity contribution in [1.29, 1.82) is 0 Å². The van der Waals surface area contributed by atoms with Crippen LogP contribution in [0.3, 0.4) is 0 Å². The van der Waals surface area contributed by atoms with Crippen LogP contribution in [-0.2, 0) is 11.3 Å². The highest BCUT2D eigenvalue weighted by atomic mass is 16.5. The lowest BCUT2D eigenvalue weighted by atomic mass is 10.1. The molecule has 1 heteroatoms. The Morgan fingerprint density at radius 3 is 2.60 bits per heavy atom. The summed E-state index contributed by atoms with van der Waals surface area (Å²) in [6, 6.07) is 10.3. The first-order valence-electron chi connectivity index (χ1n) is 5.42. The van der Waals surface area contributed by atoms with E-state index in [4.69, 9.17) is 4.74 Å². The maximum Gasteiger partial charge on any atom is 0.0721 e. The first-order chi connectivity index (χ1) is 7.45. The quantitative estimate of drug-likeness (QED) is 0.723. The zero-order valence-electron chi connectivity index (χ0n) is 8.86. The highest BCUT2D eigenvalue weighted by Gasteiger charge is 1.97. The van der Waals surface area contributed by atoms with Crippen molar-refractivity contribution < 1.29 is 4.74 Å². The van der Waals surface area contributed by atoms with Crippen LogP contribution in [0.25, 0.3) is 0 Å². The van der Waals surface area contributed by atoms with Gasteiger partial charge in [0, 0.05) is 0 Å². The summed E-state index contributed by atoms with van der Waals surface area (Å²) in [7, 11) is 0. The van der Waals surface area contributed by atoms with Crippen molar-refractivity contribution in [2.45, 2.75) is 19.4 Å². The molecule has 78 valence electrons. The normalized spacial score (nSPS) is 15.1. The second-order valence-corrected chi connectivity index (χ2v) is 3.74. The summed E-state index contributed by atoms with van der Waals surface area (Å²) in [4.78, 5) is 0. The van der Waals surface area contributed by atoms with Crippen LogP contribution in [0.15, 0.2) is 54.1 Å². The SMILES string of the molecule is C1=CC(COCc2ccccc2)=CCC1.